The van der Waals surface area contributed by atoms with E-state index in [1.54, 1.807) is 6.20 Å². The van der Waals surface area contributed by atoms with E-state index in [0.717, 1.165) is 53.5 Å². The molecule has 3 aromatic rings. The van der Waals surface area contributed by atoms with Crippen LogP contribution in [0.25, 0.3) is 11.3 Å². The molecule has 0 aliphatic carbocycles. The van der Waals surface area contributed by atoms with Gasteiger partial charge < -0.3 is 24.4 Å². The number of ether oxygens (including phenoxy) is 3. The molecule has 2 aromatic carbocycles. The highest BCUT2D eigenvalue weighted by Crippen LogP contribution is 2.26. The number of rotatable bonds is 6. The molecule has 0 saturated heterocycles. The van der Waals surface area contributed by atoms with Crippen LogP contribution in [0.3, 0.4) is 0 Å². The third-order valence-electron chi connectivity index (χ3n) is 5.88. The molecule has 0 saturated carbocycles. The van der Waals surface area contributed by atoms with Gasteiger partial charge in [0.25, 0.3) is 0 Å². The van der Waals surface area contributed by atoms with Gasteiger partial charge in [0.15, 0.2) is 0 Å². The van der Waals surface area contributed by atoms with Crippen LogP contribution in [-0.4, -0.2) is 54.3 Å². The quantitative estimate of drug-likeness (QED) is 0.492. The van der Waals surface area contributed by atoms with E-state index in [0.29, 0.717) is 39.0 Å². The van der Waals surface area contributed by atoms with Gasteiger partial charge in [0, 0.05) is 29.6 Å². The lowest BCUT2D eigenvalue weighted by atomic mass is 10.1. The summed E-state index contributed by atoms with van der Waals surface area (Å²) in [5.41, 5.74) is 4.84. The monoisotopic (exact) mass is 474 g/mol. The Morgan fingerprint density at radius 2 is 1.80 bits per heavy atom. The Bertz CT molecular complexity index is 1110. The first-order valence-electron chi connectivity index (χ1n) is 12.2. The van der Waals surface area contributed by atoms with Crippen LogP contribution >= 0.6 is 0 Å². The number of fused-ring (bicyclic) bond motifs is 7. The summed E-state index contributed by atoms with van der Waals surface area (Å²) < 4.78 is 17.9. The summed E-state index contributed by atoms with van der Waals surface area (Å²) in [6, 6.07) is 16.2. The number of aromatic nitrogens is 2. The van der Waals surface area contributed by atoms with Gasteiger partial charge in [-0.3, -0.25) is 0 Å². The summed E-state index contributed by atoms with van der Waals surface area (Å²) in [5.74, 6) is 1.37. The topological polar surface area (TPSA) is 68.7 Å². The zero-order chi connectivity index (χ0) is 24.3. The molecule has 1 aliphatic heterocycles. The Kier molecular flexibility index (Phi) is 9.23. The van der Waals surface area contributed by atoms with Gasteiger partial charge in [-0.1, -0.05) is 44.2 Å². The second-order valence-electron chi connectivity index (χ2n) is 8.29. The van der Waals surface area contributed by atoms with Crippen molar-refractivity contribution in [3.8, 4) is 17.0 Å². The number of hydrogen-bond acceptors (Lipinski definition) is 7. The fourth-order valence-corrected chi connectivity index (χ4v) is 3.88. The molecule has 1 N–H and O–H groups in total. The molecule has 2 heterocycles. The summed E-state index contributed by atoms with van der Waals surface area (Å²) in [7, 11) is 0. The van der Waals surface area contributed by atoms with E-state index in [2.05, 4.69) is 41.2 Å². The lowest BCUT2D eigenvalue weighted by molar-refractivity contribution is 0.138. The molecule has 6 bridgehead atoms. The molecule has 1 aliphatic rings. The standard InChI is InChI=1S/C28H34N4O3/c1-3-32(4-2)14-17-35-27-11-10-25-19-24(27)21-34-16-6-5-15-33-20-22-8-7-9-23(18-22)26-12-13-29-28(30-25)31-26/h5-13,18-19H,3-4,14-17,20-21H2,1-2H3,(H,29,30,31)/b6-5+. The van der Waals surface area contributed by atoms with Gasteiger partial charge in [-0.25, -0.2) is 9.97 Å². The van der Waals surface area contributed by atoms with E-state index in [1.165, 1.54) is 0 Å². The summed E-state index contributed by atoms with van der Waals surface area (Å²) in [6.07, 6.45) is 5.75. The van der Waals surface area contributed by atoms with Crippen molar-refractivity contribution in [3.05, 3.63) is 78.0 Å². The molecular weight excluding hydrogens is 440 g/mol. The van der Waals surface area contributed by atoms with Gasteiger partial charge in [0.2, 0.25) is 5.95 Å². The molecule has 35 heavy (non-hydrogen) atoms. The predicted molar refractivity (Wildman–Crippen MR) is 139 cm³/mol. The van der Waals surface area contributed by atoms with E-state index in [-0.39, 0.29) is 0 Å². The first-order valence-corrected chi connectivity index (χ1v) is 12.2. The van der Waals surface area contributed by atoms with Crippen LogP contribution in [0.5, 0.6) is 5.75 Å². The van der Waals surface area contributed by atoms with E-state index in [4.69, 9.17) is 19.2 Å². The lowest BCUT2D eigenvalue weighted by Crippen LogP contribution is -2.28. The van der Waals surface area contributed by atoms with E-state index in [1.807, 2.05) is 48.6 Å². The van der Waals surface area contributed by atoms with Gasteiger partial charge in [-0.15, -0.1) is 0 Å². The fourth-order valence-electron chi connectivity index (χ4n) is 3.88. The Hall–Kier alpha value is -3.26. The Balaban J connectivity index is 1.57. The highest BCUT2D eigenvalue weighted by molar-refractivity contribution is 5.63. The smallest absolute Gasteiger partial charge is 0.227 e. The molecule has 0 spiro atoms. The third-order valence-corrected chi connectivity index (χ3v) is 5.88. The van der Waals surface area contributed by atoms with Crippen LogP contribution in [0, 0.1) is 0 Å². The summed E-state index contributed by atoms with van der Waals surface area (Å²) in [6.45, 7) is 9.87. The summed E-state index contributed by atoms with van der Waals surface area (Å²) in [5, 5.41) is 3.34. The van der Waals surface area contributed by atoms with E-state index >= 15 is 0 Å². The van der Waals surface area contributed by atoms with Crippen LogP contribution < -0.4 is 10.1 Å². The number of nitrogens with zero attached hydrogens (tertiary/aromatic N) is 3. The average Bonchev–Trinajstić information content (AvgIpc) is 2.89. The molecule has 0 atom stereocenters. The Morgan fingerprint density at radius 1 is 0.971 bits per heavy atom. The molecule has 0 radical (unpaired) electrons. The maximum Gasteiger partial charge on any atom is 0.227 e. The number of anilines is 2. The zero-order valence-electron chi connectivity index (χ0n) is 20.6. The minimum Gasteiger partial charge on any atom is -0.492 e. The van der Waals surface area contributed by atoms with E-state index < -0.39 is 0 Å². The number of benzene rings is 2. The van der Waals surface area contributed by atoms with Crippen molar-refractivity contribution in [1.82, 2.24) is 14.9 Å². The average molecular weight is 475 g/mol. The minimum atomic E-state index is 0.437. The highest BCUT2D eigenvalue weighted by Gasteiger charge is 2.10. The minimum absolute atomic E-state index is 0.437. The van der Waals surface area contributed by atoms with Crippen LogP contribution in [0.1, 0.15) is 25.0 Å². The molecule has 4 rings (SSSR count). The van der Waals surface area contributed by atoms with Gasteiger partial charge >= 0.3 is 0 Å². The Labute approximate surface area is 207 Å². The number of likely N-dealkylation sites (N-methyl/N-ethyl adjacent to an activating group) is 1. The number of hydrogen-bond donors (Lipinski definition) is 1. The van der Waals surface area contributed by atoms with Crippen molar-refractivity contribution >= 4 is 11.6 Å². The van der Waals surface area contributed by atoms with Crippen molar-refractivity contribution in [2.45, 2.75) is 27.1 Å². The normalized spacial score (nSPS) is 15.1. The second kappa shape index (κ2) is 13.0. The summed E-state index contributed by atoms with van der Waals surface area (Å²) in [4.78, 5) is 11.5. The molecule has 7 nitrogen and oxygen atoms in total. The van der Waals surface area contributed by atoms with E-state index in [9.17, 15) is 0 Å². The lowest BCUT2D eigenvalue weighted by Gasteiger charge is -2.19. The predicted octanol–water partition coefficient (Wildman–Crippen LogP) is 5.21. The van der Waals surface area contributed by atoms with Gasteiger partial charge in [-0.2, -0.15) is 0 Å². The van der Waals surface area contributed by atoms with Crippen LogP contribution in [0.4, 0.5) is 11.6 Å². The molecule has 184 valence electrons. The number of nitrogens with one attached hydrogen (secondary N) is 1. The zero-order valence-corrected chi connectivity index (χ0v) is 20.6. The SMILES string of the molecule is CCN(CC)CCOc1ccc2cc1COC/C=C/COCc1cccc(c1)-c1ccnc(n1)N2. The van der Waals surface area contributed by atoms with Crippen molar-refractivity contribution in [1.29, 1.82) is 0 Å². The summed E-state index contributed by atoms with van der Waals surface area (Å²) >= 11 is 0. The van der Waals surface area contributed by atoms with Crippen LogP contribution in [0.15, 0.2) is 66.9 Å². The maximum atomic E-state index is 6.14. The molecular formula is C28H34N4O3. The van der Waals surface area contributed by atoms with Crippen molar-refractivity contribution in [3.63, 3.8) is 0 Å². The van der Waals surface area contributed by atoms with Crippen molar-refractivity contribution in [2.24, 2.45) is 0 Å². The van der Waals surface area contributed by atoms with Crippen molar-refractivity contribution < 1.29 is 14.2 Å². The van der Waals surface area contributed by atoms with Crippen molar-refractivity contribution in [2.75, 3.05) is 44.8 Å². The third kappa shape index (κ3) is 7.36. The molecule has 7 heteroatoms. The Morgan fingerprint density at radius 3 is 2.63 bits per heavy atom. The largest absolute Gasteiger partial charge is 0.492 e. The van der Waals surface area contributed by atoms with Gasteiger partial charge in [0.05, 0.1) is 32.1 Å². The van der Waals surface area contributed by atoms with Crippen LogP contribution in [-0.2, 0) is 22.7 Å². The van der Waals surface area contributed by atoms with Gasteiger partial charge in [-0.05, 0) is 49.0 Å². The molecule has 0 fully saturated rings. The van der Waals surface area contributed by atoms with Gasteiger partial charge in [0.1, 0.15) is 12.4 Å². The molecule has 0 amide bonds. The molecule has 0 unspecified atom stereocenters. The van der Waals surface area contributed by atoms with Crippen LogP contribution in [0.2, 0.25) is 0 Å². The molecule has 1 aromatic heterocycles. The first-order chi connectivity index (χ1) is 17.2. The second-order valence-corrected chi connectivity index (χ2v) is 8.29. The maximum absolute atomic E-state index is 6.14. The first kappa shape index (κ1) is 24.9. The fraction of sp³-hybridized carbons (Fsp3) is 0.357. The highest BCUT2D eigenvalue weighted by atomic mass is 16.5.